The smallest absolute Gasteiger partial charge is 0.0540 e. The van der Waals surface area contributed by atoms with Crippen LogP contribution in [0.4, 0.5) is 0 Å². The largest absolute Gasteiger partial charge is 0.289 e. The standard InChI is InChI=1S/C17H18N2/c1-12-4-3-5-14(10-12)11-16-17-13(2)18-8-6-15(17)7-9-19-16/h3-5,7,9-10H,6,8,11H2,1-2H3. The van der Waals surface area contributed by atoms with Crippen LogP contribution in [0.2, 0.25) is 0 Å². The third-order valence-corrected chi connectivity index (χ3v) is 3.66. The quantitative estimate of drug-likeness (QED) is 0.802. The number of aliphatic imine (C=N–C) groups is 1. The second-order valence-corrected chi connectivity index (χ2v) is 5.17. The molecule has 0 bridgehead atoms. The Morgan fingerprint density at radius 3 is 2.89 bits per heavy atom. The van der Waals surface area contributed by atoms with Crippen LogP contribution < -0.4 is 0 Å². The van der Waals surface area contributed by atoms with Crippen molar-refractivity contribution < 1.29 is 0 Å². The summed E-state index contributed by atoms with van der Waals surface area (Å²) in [5.74, 6) is 0. The zero-order chi connectivity index (χ0) is 13.2. The molecule has 0 radical (unpaired) electrons. The molecule has 96 valence electrons. The molecule has 1 aromatic carbocycles. The second kappa shape index (κ2) is 4.96. The predicted octanol–water partition coefficient (Wildman–Crippen LogP) is 3.35. The Morgan fingerprint density at radius 1 is 1.16 bits per heavy atom. The number of pyridine rings is 1. The lowest BCUT2D eigenvalue weighted by Crippen LogP contribution is -2.14. The average molecular weight is 250 g/mol. The molecule has 0 saturated heterocycles. The van der Waals surface area contributed by atoms with Crippen LogP contribution in [0.3, 0.4) is 0 Å². The predicted molar refractivity (Wildman–Crippen MR) is 79.0 cm³/mol. The van der Waals surface area contributed by atoms with Crippen LogP contribution in [0.5, 0.6) is 0 Å². The van der Waals surface area contributed by atoms with E-state index in [1.165, 1.54) is 22.3 Å². The maximum Gasteiger partial charge on any atom is 0.0540 e. The van der Waals surface area contributed by atoms with Gasteiger partial charge in [-0.25, -0.2) is 0 Å². The SMILES string of the molecule is CC1=NCCc2ccnc(Cc3cccc(C)c3)c21. The molecule has 2 heteroatoms. The van der Waals surface area contributed by atoms with Gasteiger partial charge in [-0.05, 0) is 37.5 Å². The third-order valence-electron chi connectivity index (χ3n) is 3.66. The van der Waals surface area contributed by atoms with Gasteiger partial charge in [-0.1, -0.05) is 29.8 Å². The Balaban J connectivity index is 2.01. The molecular formula is C17H18N2. The number of aryl methyl sites for hydroxylation is 1. The first-order valence-electron chi connectivity index (χ1n) is 6.78. The molecule has 2 heterocycles. The van der Waals surface area contributed by atoms with Gasteiger partial charge in [-0.3, -0.25) is 9.98 Å². The summed E-state index contributed by atoms with van der Waals surface area (Å²) in [6, 6.07) is 10.8. The zero-order valence-electron chi connectivity index (χ0n) is 11.5. The number of aromatic nitrogens is 1. The Labute approximate surface area is 114 Å². The van der Waals surface area contributed by atoms with E-state index in [1.807, 2.05) is 6.20 Å². The minimum Gasteiger partial charge on any atom is -0.289 e. The van der Waals surface area contributed by atoms with E-state index >= 15 is 0 Å². The third kappa shape index (κ3) is 2.43. The number of rotatable bonds is 2. The molecule has 2 nitrogen and oxygen atoms in total. The summed E-state index contributed by atoms with van der Waals surface area (Å²) < 4.78 is 0. The van der Waals surface area contributed by atoms with E-state index in [0.29, 0.717) is 0 Å². The first kappa shape index (κ1) is 12.1. The van der Waals surface area contributed by atoms with Gasteiger partial charge >= 0.3 is 0 Å². The van der Waals surface area contributed by atoms with Gasteiger partial charge in [0.25, 0.3) is 0 Å². The highest BCUT2D eigenvalue weighted by atomic mass is 14.8. The van der Waals surface area contributed by atoms with E-state index in [0.717, 1.165) is 30.8 Å². The Kier molecular flexibility index (Phi) is 3.16. The van der Waals surface area contributed by atoms with E-state index in [-0.39, 0.29) is 0 Å². The van der Waals surface area contributed by atoms with Gasteiger partial charge < -0.3 is 0 Å². The molecule has 3 rings (SSSR count). The molecular weight excluding hydrogens is 232 g/mol. The van der Waals surface area contributed by atoms with Crippen molar-refractivity contribution in [1.82, 2.24) is 4.98 Å². The molecule has 0 atom stereocenters. The first-order chi connectivity index (χ1) is 9.24. The summed E-state index contributed by atoms with van der Waals surface area (Å²) in [5.41, 5.74) is 7.58. The van der Waals surface area contributed by atoms with Crippen molar-refractivity contribution in [1.29, 1.82) is 0 Å². The second-order valence-electron chi connectivity index (χ2n) is 5.17. The molecule has 1 aromatic heterocycles. The van der Waals surface area contributed by atoms with Gasteiger partial charge in [0, 0.05) is 30.4 Å². The fourth-order valence-corrected chi connectivity index (χ4v) is 2.77. The lowest BCUT2D eigenvalue weighted by Gasteiger charge is -2.17. The molecule has 2 aromatic rings. The van der Waals surface area contributed by atoms with Crippen LogP contribution in [-0.2, 0) is 12.8 Å². The summed E-state index contributed by atoms with van der Waals surface area (Å²) in [6.45, 7) is 5.14. The van der Waals surface area contributed by atoms with Crippen molar-refractivity contribution >= 4 is 5.71 Å². The van der Waals surface area contributed by atoms with Gasteiger partial charge in [0.15, 0.2) is 0 Å². The van der Waals surface area contributed by atoms with Crippen LogP contribution in [0.1, 0.15) is 34.9 Å². The van der Waals surface area contributed by atoms with Crippen LogP contribution >= 0.6 is 0 Å². The fourth-order valence-electron chi connectivity index (χ4n) is 2.77. The molecule has 0 unspecified atom stereocenters. The van der Waals surface area contributed by atoms with Crippen LogP contribution in [0.25, 0.3) is 0 Å². The van der Waals surface area contributed by atoms with Gasteiger partial charge in [0.1, 0.15) is 0 Å². The van der Waals surface area contributed by atoms with E-state index in [2.05, 4.69) is 54.2 Å². The average Bonchev–Trinajstić information content (AvgIpc) is 2.39. The van der Waals surface area contributed by atoms with Crippen LogP contribution in [0, 0.1) is 6.92 Å². The van der Waals surface area contributed by atoms with Crippen molar-refractivity contribution in [3.05, 3.63) is 64.5 Å². The number of hydrogen-bond acceptors (Lipinski definition) is 2. The number of hydrogen-bond donors (Lipinski definition) is 0. The molecule has 0 fully saturated rings. The Morgan fingerprint density at radius 2 is 2.05 bits per heavy atom. The highest BCUT2D eigenvalue weighted by Crippen LogP contribution is 2.21. The lowest BCUT2D eigenvalue weighted by molar-refractivity contribution is 0.916. The fraction of sp³-hybridized carbons (Fsp3) is 0.294. The van der Waals surface area contributed by atoms with E-state index in [9.17, 15) is 0 Å². The van der Waals surface area contributed by atoms with Gasteiger partial charge in [0.2, 0.25) is 0 Å². The molecule has 1 aliphatic rings. The number of fused-ring (bicyclic) bond motifs is 1. The van der Waals surface area contributed by atoms with Gasteiger partial charge in [0.05, 0.1) is 5.69 Å². The topological polar surface area (TPSA) is 25.2 Å². The molecule has 19 heavy (non-hydrogen) atoms. The van der Waals surface area contributed by atoms with Gasteiger partial charge in [-0.15, -0.1) is 0 Å². The summed E-state index contributed by atoms with van der Waals surface area (Å²) in [6.07, 6.45) is 3.86. The maximum atomic E-state index is 4.59. The van der Waals surface area contributed by atoms with Crippen molar-refractivity contribution in [2.24, 2.45) is 4.99 Å². The summed E-state index contributed by atoms with van der Waals surface area (Å²) in [7, 11) is 0. The summed E-state index contributed by atoms with van der Waals surface area (Å²) in [5, 5.41) is 0. The summed E-state index contributed by atoms with van der Waals surface area (Å²) in [4.78, 5) is 9.15. The molecule has 0 aliphatic carbocycles. The minimum absolute atomic E-state index is 0.887. The van der Waals surface area contributed by atoms with E-state index < -0.39 is 0 Å². The molecule has 1 aliphatic heterocycles. The molecule has 0 N–H and O–H groups in total. The van der Waals surface area contributed by atoms with E-state index in [4.69, 9.17) is 0 Å². The monoisotopic (exact) mass is 250 g/mol. The van der Waals surface area contributed by atoms with Gasteiger partial charge in [-0.2, -0.15) is 0 Å². The van der Waals surface area contributed by atoms with E-state index in [1.54, 1.807) is 0 Å². The number of benzene rings is 1. The minimum atomic E-state index is 0.887. The Hall–Kier alpha value is -1.96. The maximum absolute atomic E-state index is 4.59. The summed E-state index contributed by atoms with van der Waals surface area (Å²) >= 11 is 0. The van der Waals surface area contributed by atoms with Crippen LogP contribution in [-0.4, -0.2) is 17.2 Å². The normalized spacial score (nSPS) is 13.9. The highest BCUT2D eigenvalue weighted by molar-refractivity contribution is 6.01. The highest BCUT2D eigenvalue weighted by Gasteiger charge is 2.15. The first-order valence-corrected chi connectivity index (χ1v) is 6.78. The van der Waals surface area contributed by atoms with Crippen molar-refractivity contribution in [2.45, 2.75) is 26.7 Å². The lowest BCUT2D eigenvalue weighted by atomic mass is 9.94. The van der Waals surface area contributed by atoms with Crippen molar-refractivity contribution in [2.75, 3.05) is 6.54 Å². The molecule has 0 amide bonds. The van der Waals surface area contributed by atoms with Crippen LogP contribution in [0.15, 0.2) is 41.5 Å². The molecule has 0 saturated carbocycles. The molecule has 0 spiro atoms. The van der Waals surface area contributed by atoms with Crippen molar-refractivity contribution in [3.8, 4) is 0 Å². The Bertz CT molecular complexity index is 641. The van der Waals surface area contributed by atoms with Crippen molar-refractivity contribution in [3.63, 3.8) is 0 Å². The number of nitrogens with zero attached hydrogens (tertiary/aromatic N) is 2. The zero-order valence-corrected chi connectivity index (χ0v) is 11.5.